The zero-order chi connectivity index (χ0) is 14.9. The lowest BCUT2D eigenvalue weighted by molar-refractivity contribution is 0.591. The van der Waals surface area contributed by atoms with Crippen molar-refractivity contribution in [2.45, 2.75) is 18.1 Å². The fourth-order valence-electron chi connectivity index (χ4n) is 2.63. The molecular weight excluding hydrogens is 286 g/mol. The quantitative estimate of drug-likeness (QED) is 0.938. The molecule has 0 amide bonds. The number of rotatable bonds is 3. The Morgan fingerprint density at radius 3 is 2.90 bits per heavy atom. The molecule has 1 aromatic heterocycles. The summed E-state index contributed by atoms with van der Waals surface area (Å²) in [5.41, 5.74) is 1.22. The minimum absolute atomic E-state index is 0.260. The van der Waals surface area contributed by atoms with Crippen molar-refractivity contribution in [3.8, 4) is 6.07 Å². The lowest BCUT2D eigenvalue weighted by Crippen LogP contribution is -2.25. The lowest BCUT2D eigenvalue weighted by atomic mass is 10.1. The average molecular weight is 301 g/mol. The molecule has 1 saturated heterocycles. The van der Waals surface area contributed by atoms with E-state index in [-0.39, 0.29) is 11.0 Å². The monoisotopic (exact) mass is 301 g/mol. The summed E-state index contributed by atoms with van der Waals surface area (Å²) in [6, 6.07) is 11.4. The molecular formula is C15H15N3O2S. The van der Waals surface area contributed by atoms with E-state index in [9.17, 15) is 13.7 Å². The van der Waals surface area contributed by atoms with Gasteiger partial charge >= 0.3 is 0 Å². The van der Waals surface area contributed by atoms with Gasteiger partial charge in [0.25, 0.3) is 0 Å². The maximum Gasteiger partial charge on any atom is 0.154 e. The average Bonchev–Trinajstić information content (AvgIpc) is 2.82. The number of nitriles is 1. The molecule has 1 aliphatic heterocycles. The number of hydrogen-bond donors (Lipinski definition) is 1. The molecule has 1 aromatic carbocycles. The first-order valence-electron chi connectivity index (χ1n) is 6.85. The van der Waals surface area contributed by atoms with Crippen LogP contribution in [0.3, 0.4) is 0 Å². The van der Waals surface area contributed by atoms with Crippen LogP contribution in [-0.2, 0) is 9.84 Å². The number of nitrogens with zero attached hydrogens (tertiary/aromatic N) is 2. The predicted octanol–water partition coefficient (Wildman–Crippen LogP) is 2.10. The maximum absolute atomic E-state index is 11.8. The van der Waals surface area contributed by atoms with Crippen LogP contribution in [0.2, 0.25) is 0 Å². The molecule has 0 spiro atoms. The van der Waals surface area contributed by atoms with Crippen LogP contribution in [-0.4, -0.2) is 30.9 Å². The van der Waals surface area contributed by atoms with Crippen LogP contribution < -0.4 is 5.32 Å². The van der Waals surface area contributed by atoms with Crippen molar-refractivity contribution in [3.63, 3.8) is 0 Å². The van der Waals surface area contributed by atoms with E-state index in [2.05, 4.69) is 16.4 Å². The van der Waals surface area contributed by atoms with E-state index in [1.165, 1.54) is 0 Å². The molecule has 21 heavy (non-hydrogen) atoms. The van der Waals surface area contributed by atoms with Crippen molar-refractivity contribution in [2.24, 2.45) is 0 Å². The van der Waals surface area contributed by atoms with Crippen LogP contribution in [0.1, 0.15) is 18.4 Å². The fourth-order valence-corrected chi connectivity index (χ4v) is 4.40. The third-order valence-corrected chi connectivity index (χ3v) is 6.08. The van der Waals surface area contributed by atoms with Crippen molar-refractivity contribution in [3.05, 3.63) is 35.9 Å². The number of benzene rings is 1. The van der Waals surface area contributed by atoms with Gasteiger partial charge in [0, 0.05) is 11.9 Å². The van der Waals surface area contributed by atoms with E-state index in [1.54, 1.807) is 6.07 Å². The number of anilines is 1. The number of fused-ring (bicyclic) bond motifs is 1. The first kappa shape index (κ1) is 13.8. The van der Waals surface area contributed by atoms with Gasteiger partial charge in [0.2, 0.25) is 0 Å². The summed E-state index contributed by atoms with van der Waals surface area (Å²) in [5.74, 6) is 0.716. The number of pyridine rings is 1. The van der Waals surface area contributed by atoms with Crippen LogP contribution in [0.4, 0.5) is 5.82 Å². The molecule has 0 radical (unpaired) electrons. The molecule has 1 atom stereocenters. The van der Waals surface area contributed by atoms with Crippen molar-refractivity contribution in [2.75, 3.05) is 17.6 Å². The Bertz CT molecular complexity index is 824. The van der Waals surface area contributed by atoms with E-state index < -0.39 is 9.84 Å². The number of hydrogen-bond acceptors (Lipinski definition) is 5. The second-order valence-electron chi connectivity index (χ2n) is 5.20. The third-order valence-electron chi connectivity index (χ3n) is 3.80. The summed E-state index contributed by atoms with van der Waals surface area (Å²) >= 11 is 0. The Morgan fingerprint density at radius 1 is 1.38 bits per heavy atom. The topological polar surface area (TPSA) is 82.8 Å². The number of sulfone groups is 1. The van der Waals surface area contributed by atoms with Gasteiger partial charge in [-0.1, -0.05) is 18.2 Å². The first-order chi connectivity index (χ1) is 10.1. The van der Waals surface area contributed by atoms with E-state index in [1.807, 2.05) is 24.3 Å². The van der Waals surface area contributed by atoms with Crippen molar-refractivity contribution >= 4 is 26.6 Å². The molecule has 3 rings (SSSR count). The van der Waals surface area contributed by atoms with Gasteiger partial charge in [-0.3, -0.25) is 0 Å². The highest BCUT2D eigenvalue weighted by Crippen LogP contribution is 2.23. The smallest absolute Gasteiger partial charge is 0.154 e. The Balaban J connectivity index is 1.88. The van der Waals surface area contributed by atoms with Crippen molar-refractivity contribution in [1.29, 1.82) is 5.26 Å². The van der Waals surface area contributed by atoms with Crippen LogP contribution in [0, 0.1) is 11.3 Å². The summed E-state index contributed by atoms with van der Waals surface area (Å²) in [6.07, 6.45) is 1.38. The molecule has 0 aliphatic carbocycles. The van der Waals surface area contributed by atoms with Gasteiger partial charge in [0.15, 0.2) is 9.84 Å². The minimum atomic E-state index is -2.99. The molecule has 0 saturated carbocycles. The van der Waals surface area contributed by atoms with Gasteiger partial charge in [-0.15, -0.1) is 0 Å². The summed E-state index contributed by atoms with van der Waals surface area (Å²) < 4.78 is 23.6. The van der Waals surface area contributed by atoms with Crippen LogP contribution in [0.15, 0.2) is 30.3 Å². The summed E-state index contributed by atoms with van der Waals surface area (Å²) in [4.78, 5) is 4.43. The minimum Gasteiger partial charge on any atom is -0.368 e. The van der Waals surface area contributed by atoms with Crippen molar-refractivity contribution in [1.82, 2.24) is 4.98 Å². The Hall–Kier alpha value is -2.13. The first-order valence-corrected chi connectivity index (χ1v) is 8.57. The van der Waals surface area contributed by atoms with Gasteiger partial charge < -0.3 is 5.32 Å². The maximum atomic E-state index is 11.8. The van der Waals surface area contributed by atoms with Gasteiger partial charge in [0.05, 0.1) is 22.1 Å². The van der Waals surface area contributed by atoms with Gasteiger partial charge in [-0.25, -0.2) is 13.4 Å². The second-order valence-corrected chi connectivity index (χ2v) is 7.60. The highest BCUT2D eigenvalue weighted by atomic mass is 32.2. The van der Waals surface area contributed by atoms with Crippen LogP contribution in [0.5, 0.6) is 0 Å². The van der Waals surface area contributed by atoms with E-state index in [4.69, 9.17) is 0 Å². The fraction of sp³-hybridized carbons (Fsp3) is 0.333. The Labute approximate surface area is 123 Å². The lowest BCUT2D eigenvalue weighted by Gasteiger charge is -2.12. The normalized spacial score (nSPS) is 20.2. The standard InChI is InChI=1S/C15H15N3O2S/c16-9-12-8-11-4-1-2-6-14(11)18-15(12)17-10-13-5-3-7-21(13,19)20/h1-2,4,6,8,13H,3,5,7,10H2,(H,17,18). The third kappa shape index (κ3) is 2.69. The Kier molecular flexibility index (Phi) is 3.52. The zero-order valence-electron chi connectivity index (χ0n) is 11.4. The summed E-state index contributed by atoms with van der Waals surface area (Å²) in [7, 11) is -2.99. The summed E-state index contributed by atoms with van der Waals surface area (Å²) in [5, 5.41) is 12.8. The molecule has 0 bridgehead atoms. The molecule has 1 fully saturated rings. The van der Waals surface area contributed by atoms with Crippen molar-refractivity contribution < 1.29 is 8.42 Å². The molecule has 1 N–H and O–H groups in total. The number of para-hydroxylation sites is 1. The van der Waals surface area contributed by atoms with Gasteiger partial charge in [0.1, 0.15) is 11.9 Å². The van der Waals surface area contributed by atoms with Crippen LogP contribution >= 0.6 is 0 Å². The molecule has 5 nitrogen and oxygen atoms in total. The number of nitrogens with one attached hydrogen (secondary N) is 1. The highest BCUT2D eigenvalue weighted by Gasteiger charge is 2.31. The van der Waals surface area contributed by atoms with Gasteiger partial charge in [-0.2, -0.15) is 5.26 Å². The van der Waals surface area contributed by atoms with E-state index in [0.717, 1.165) is 10.9 Å². The molecule has 108 valence electrons. The molecule has 2 heterocycles. The molecule has 6 heteroatoms. The van der Waals surface area contributed by atoms with E-state index >= 15 is 0 Å². The SMILES string of the molecule is N#Cc1cc2ccccc2nc1NCC1CCCS1(=O)=O. The predicted molar refractivity (Wildman–Crippen MR) is 81.8 cm³/mol. The second kappa shape index (κ2) is 5.34. The Morgan fingerprint density at radius 2 is 2.19 bits per heavy atom. The largest absolute Gasteiger partial charge is 0.368 e. The summed E-state index contributed by atoms with van der Waals surface area (Å²) in [6.45, 7) is 0.308. The van der Waals surface area contributed by atoms with Crippen LogP contribution in [0.25, 0.3) is 10.9 Å². The number of aromatic nitrogens is 1. The van der Waals surface area contributed by atoms with Gasteiger partial charge in [-0.05, 0) is 25.0 Å². The van der Waals surface area contributed by atoms with E-state index in [0.29, 0.717) is 30.8 Å². The highest BCUT2D eigenvalue weighted by molar-refractivity contribution is 7.92. The molecule has 2 aromatic rings. The molecule has 1 unspecified atom stereocenters. The zero-order valence-corrected chi connectivity index (χ0v) is 12.2. The molecule has 1 aliphatic rings.